The van der Waals surface area contributed by atoms with Crippen LogP contribution in [0, 0.1) is 6.92 Å². The summed E-state index contributed by atoms with van der Waals surface area (Å²) in [5.41, 5.74) is 2.67. The Balaban J connectivity index is 2.49. The van der Waals surface area contributed by atoms with Gasteiger partial charge in [-0.05, 0) is 26.3 Å². The Morgan fingerprint density at radius 1 is 1.16 bits per heavy atom. The molecule has 0 aliphatic rings. The molecule has 0 spiro atoms. The first-order valence-electron chi connectivity index (χ1n) is 7.92. The van der Waals surface area contributed by atoms with Crippen molar-refractivity contribution in [3.63, 3.8) is 0 Å². The normalized spacial score (nSPS) is 12.8. The largest absolute Gasteiger partial charge is 0.310 e. The van der Waals surface area contributed by atoms with Crippen LogP contribution in [0.4, 0.5) is 0 Å². The summed E-state index contributed by atoms with van der Waals surface area (Å²) in [5, 5.41) is 8.06. The van der Waals surface area contributed by atoms with Crippen molar-refractivity contribution in [2.45, 2.75) is 71.8 Å². The highest BCUT2D eigenvalue weighted by atomic mass is 15.3. The van der Waals surface area contributed by atoms with E-state index in [-0.39, 0.29) is 0 Å². The molecular formula is C16H31N3. The molecule has 1 heterocycles. The lowest BCUT2D eigenvalue weighted by Gasteiger charge is -2.18. The molecule has 0 aliphatic carbocycles. The molecule has 1 unspecified atom stereocenters. The monoisotopic (exact) mass is 265 g/mol. The van der Waals surface area contributed by atoms with Gasteiger partial charge in [0, 0.05) is 24.3 Å². The molecule has 0 bridgehead atoms. The van der Waals surface area contributed by atoms with Crippen molar-refractivity contribution in [2.75, 3.05) is 6.54 Å². The second-order valence-corrected chi connectivity index (χ2v) is 5.52. The number of aryl methyl sites for hydroxylation is 1. The fourth-order valence-electron chi connectivity index (χ4n) is 2.50. The van der Waals surface area contributed by atoms with Crippen LogP contribution >= 0.6 is 0 Å². The summed E-state index contributed by atoms with van der Waals surface area (Å²) in [6.45, 7) is 7.75. The van der Waals surface area contributed by atoms with Crippen LogP contribution in [0.2, 0.25) is 0 Å². The summed E-state index contributed by atoms with van der Waals surface area (Å²) in [4.78, 5) is 0. The van der Waals surface area contributed by atoms with Crippen molar-refractivity contribution < 1.29 is 0 Å². The van der Waals surface area contributed by atoms with Gasteiger partial charge in [0.05, 0.1) is 6.20 Å². The zero-order chi connectivity index (χ0) is 14.1. The number of hydrogen-bond donors (Lipinski definition) is 1. The molecule has 19 heavy (non-hydrogen) atoms. The molecule has 3 nitrogen and oxygen atoms in total. The molecule has 0 aromatic carbocycles. The second-order valence-electron chi connectivity index (χ2n) is 5.52. The van der Waals surface area contributed by atoms with Crippen LogP contribution in [-0.2, 0) is 7.05 Å². The van der Waals surface area contributed by atoms with Gasteiger partial charge in [0.25, 0.3) is 0 Å². The minimum absolute atomic E-state index is 0.482. The molecule has 1 rings (SSSR count). The van der Waals surface area contributed by atoms with Gasteiger partial charge in [-0.15, -0.1) is 0 Å². The van der Waals surface area contributed by atoms with Crippen LogP contribution in [0.15, 0.2) is 6.20 Å². The van der Waals surface area contributed by atoms with Crippen LogP contribution < -0.4 is 5.32 Å². The number of rotatable bonds is 10. The Labute approximate surface area is 118 Å². The zero-order valence-electron chi connectivity index (χ0n) is 13.2. The second kappa shape index (κ2) is 9.13. The predicted molar refractivity (Wildman–Crippen MR) is 82.4 cm³/mol. The number of hydrogen-bond acceptors (Lipinski definition) is 2. The highest BCUT2D eigenvalue weighted by Crippen LogP contribution is 2.23. The van der Waals surface area contributed by atoms with Gasteiger partial charge < -0.3 is 5.32 Å². The summed E-state index contributed by atoms with van der Waals surface area (Å²) in [5.74, 6) is 0. The summed E-state index contributed by atoms with van der Waals surface area (Å²) >= 11 is 0. The number of nitrogens with one attached hydrogen (secondary N) is 1. The molecule has 0 saturated heterocycles. The molecule has 0 fully saturated rings. The Hall–Kier alpha value is -0.830. The third-order valence-corrected chi connectivity index (χ3v) is 3.89. The Bertz CT molecular complexity index is 344. The van der Waals surface area contributed by atoms with E-state index in [2.05, 4.69) is 31.2 Å². The van der Waals surface area contributed by atoms with Crippen LogP contribution in [-0.4, -0.2) is 16.3 Å². The van der Waals surface area contributed by atoms with Gasteiger partial charge >= 0.3 is 0 Å². The maximum absolute atomic E-state index is 4.38. The number of aromatic nitrogens is 2. The first kappa shape index (κ1) is 16.2. The maximum atomic E-state index is 4.38. The Morgan fingerprint density at radius 3 is 2.47 bits per heavy atom. The average Bonchev–Trinajstić information content (AvgIpc) is 2.74. The fraction of sp³-hybridized carbons (Fsp3) is 0.812. The van der Waals surface area contributed by atoms with Crippen molar-refractivity contribution in [2.24, 2.45) is 7.05 Å². The minimum Gasteiger partial charge on any atom is -0.310 e. The summed E-state index contributed by atoms with van der Waals surface area (Å²) in [6.07, 6.45) is 11.2. The molecule has 0 amide bonds. The molecule has 1 aromatic rings. The van der Waals surface area contributed by atoms with Crippen molar-refractivity contribution >= 4 is 0 Å². The van der Waals surface area contributed by atoms with Gasteiger partial charge in [-0.3, -0.25) is 4.68 Å². The molecule has 110 valence electrons. The van der Waals surface area contributed by atoms with E-state index in [1.165, 1.54) is 56.2 Å². The standard InChI is InChI=1S/C16H31N3/c1-5-7-8-9-10-11-16(17-12-6-2)15-13-18-19(4)14(15)3/h13,16-17H,5-12H2,1-4H3. The quantitative estimate of drug-likeness (QED) is 0.645. The van der Waals surface area contributed by atoms with Crippen molar-refractivity contribution in [3.05, 3.63) is 17.5 Å². The molecule has 1 N–H and O–H groups in total. The maximum Gasteiger partial charge on any atom is 0.0540 e. The Kier molecular flexibility index (Phi) is 7.80. The summed E-state index contributed by atoms with van der Waals surface area (Å²) < 4.78 is 1.98. The van der Waals surface area contributed by atoms with Crippen LogP contribution in [0.1, 0.15) is 76.1 Å². The third kappa shape index (κ3) is 5.35. The van der Waals surface area contributed by atoms with E-state index in [4.69, 9.17) is 0 Å². The van der Waals surface area contributed by atoms with E-state index < -0.39 is 0 Å². The lowest BCUT2D eigenvalue weighted by atomic mass is 10.00. The predicted octanol–water partition coefficient (Wildman–Crippen LogP) is 4.13. The highest BCUT2D eigenvalue weighted by Gasteiger charge is 2.15. The molecule has 1 aromatic heterocycles. The van der Waals surface area contributed by atoms with Crippen molar-refractivity contribution in [1.82, 2.24) is 15.1 Å². The fourth-order valence-corrected chi connectivity index (χ4v) is 2.50. The lowest BCUT2D eigenvalue weighted by Crippen LogP contribution is -2.22. The molecule has 1 atom stereocenters. The van der Waals surface area contributed by atoms with Gasteiger partial charge in [0.1, 0.15) is 0 Å². The van der Waals surface area contributed by atoms with Gasteiger partial charge in [-0.25, -0.2) is 0 Å². The van der Waals surface area contributed by atoms with Gasteiger partial charge in [0.2, 0.25) is 0 Å². The van der Waals surface area contributed by atoms with Crippen molar-refractivity contribution in [3.8, 4) is 0 Å². The lowest BCUT2D eigenvalue weighted by molar-refractivity contribution is 0.466. The topological polar surface area (TPSA) is 29.9 Å². The molecule has 0 saturated carbocycles. The van der Waals surface area contributed by atoms with E-state index in [0.29, 0.717) is 6.04 Å². The third-order valence-electron chi connectivity index (χ3n) is 3.89. The van der Waals surface area contributed by atoms with Crippen LogP contribution in [0.5, 0.6) is 0 Å². The van der Waals surface area contributed by atoms with Gasteiger partial charge in [-0.2, -0.15) is 5.10 Å². The minimum atomic E-state index is 0.482. The molecule has 0 radical (unpaired) electrons. The summed E-state index contributed by atoms with van der Waals surface area (Å²) in [7, 11) is 2.02. The molecular weight excluding hydrogens is 234 g/mol. The van der Waals surface area contributed by atoms with Crippen LogP contribution in [0.3, 0.4) is 0 Å². The average molecular weight is 265 g/mol. The van der Waals surface area contributed by atoms with E-state index in [1.54, 1.807) is 0 Å². The van der Waals surface area contributed by atoms with Gasteiger partial charge in [-0.1, -0.05) is 46.0 Å². The van der Waals surface area contributed by atoms with E-state index >= 15 is 0 Å². The van der Waals surface area contributed by atoms with Crippen molar-refractivity contribution in [1.29, 1.82) is 0 Å². The zero-order valence-corrected chi connectivity index (χ0v) is 13.2. The first-order chi connectivity index (χ1) is 9.20. The molecule has 0 aliphatic heterocycles. The van der Waals surface area contributed by atoms with E-state index in [9.17, 15) is 0 Å². The summed E-state index contributed by atoms with van der Waals surface area (Å²) in [6, 6.07) is 0.482. The number of unbranched alkanes of at least 4 members (excludes halogenated alkanes) is 4. The first-order valence-corrected chi connectivity index (χ1v) is 7.92. The Morgan fingerprint density at radius 2 is 1.89 bits per heavy atom. The SMILES string of the molecule is CCCCCCCC(NCCC)c1cnn(C)c1C. The van der Waals surface area contributed by atoms with E-state index in [1.807, 2.05) is 17.9 Å². The van der Waals surface area contributed by atoms with Gasteiger partial charge in [0.15, 0.2) is 0 Å². The smallest absolute Gasteiger partial charge is 0.0540 e. The highest BCUT2D eigenvalue weighted by molar-refractivity contribution is 5.20. The molecule has 3 heteroatoms. The van der Waals surface area contributed by atoms with E-state index in [0.717, 1.165) is 6.54 Å². The number of nitrogens with zero attached hydrogens (tertiary/aromatic N) is 2. The van der Waals surface area contributed by atoms with Crippen LogP contribution in [0.25, 0.3) is 0 Å².